The lowest BCUT2D eigenvalue weighted by molar-refractivity contribution is 0.176. The van der Waals surface area contributed by atoms with Gasteiger partial charge < -0.3 is 0 Å². The molecule has 1 atom stereocenters. The molecule has 0 heteroatoms. The first-order chi connectivity index (χ1) is 6.25. The van der Waals surface area contributed by atoms with Gasteiger partial charge in [-0.05, 0) is 37.5 Å². The molecule has 0 spiro atoms. The highest BCUT2D eigenvalue weighted by Gasteiger charge is 2.30. The second-order valence-electron chi connectivity index (χ2n) is 5.51. The highest BCUT2D eigenvalue weighted by molar-refractivity contribution is 5.14. The molecule has 0 aliphatic carbocycles. The summed E-state index contributed by atoms with van der Waals surface area (Å²) in [4.78, 5) is 0. The van der Waals surface area contributed by atoms with E-state index in [-0.39, 0.29) is 0 Å². The highest BCUT2D eigenvalue weighted by atomic mass is 14.3. The molecule has 0 saturated carbocycles. The van der Waals surface area contributed by atoms with Gasteiger partial charge in [-0.25, -0.2) is 0 Å². The largest absolute Gasteiger partial charge is 0.0744 e. The smallest absolute Gasteiger partial charge is 0.0178 e. The Kier molecular flexibility index (Phi) is 4.91. The predicted octanol–water partition coefficient (Wildman–Crippen LogP) is 5.05. The Morgan fingerprint density at radius 2 is 1.50 bits per heavy atom. The average Bonchev–Trinajstić information content (AvgIpc) is 2.13. The van der Waals surface area contributed by atoms with E-state index in [1.165, 1.54) is 6.42 Å². The molecule has 84 valence electrons. The molecule has 0 fully saturated rings. The second kappa shape index (κ2) is 5.00. The molecular weight excluding hydrogens is 168 g/mol. The van der Waals surface area contributed by atoms with E-state index in [1.54, 1.807) is 11.1 Å². The van der Waals surface area contributed by atoms with Gasteiger partial charge in [-0.2, -0.15) is 0 Å². The van der Waals surface area contributed by atoms with Crippen LogP contribution in [0.25, 0.3) is 0 Å². The van der Waals surface area contributed by atoms with Gasteiger partial charge in [0, 0.05) is 0 Å². The Hall–Kier alpha value is -0.260. The molecule has 0 aliphatic rings. The summed E-state index contributed by atoms with van der Waals surface area (Å²) >= 11 is 0. The van der Waals surface area contributed by atoms with Gasteiger partial charge in [0.25, 0.3) is 0 Å². The molecule has 0 aliphatic heterocycles. The molecule has 1 unspecified atom stereocenters. The monoisotopic (exact) mass is 196 g/mol. The van der Waals surface area contributed by atoms with Crippen LogP contribution in [0.15, 0.2) is 11.1 Å². The molecule has 0 bridgehead atoms. The van der Waals surface area contributed by atoms with Crippen molar-refractivity contribution in [1.29, 1.82) is 0 Å². The zero-order valence-electron chi connectivity index (χ0n) is 11.4. The van der Waals surface area contributed by atoms with Crippen molar-refractivity contribution in [2.24, 2.45) is 17.3 Å². The van der Waals surface area contributed by atoms with Gasteiger partial charge in [-0.3, -0.25) is 0 Å². The third-order valence-corrected chi connectivity index (χ3v) is 4.46. The maximum atomic E-state index is 2.38. The van der Waals surface area contributed by atoms with Crippen molar-refractivity contribution < 1.29 is 0 Å². The third-order valence-electron chi connectivity index (χ3n) is 4.46. The molecular formula is C14H28. The minimum atomic E-state index is 0.403. The van der Waals surface area contributed by atoms with Crippen molar-refractivity contribution in [2.75, 3.05) is 0 Å². The molecule has 0 amide bonds. The number of allylic oxidation sites excluding steroid dienone is 2. The molecule has 0 rings (SSSR count). The summed E-state index contributed by atoms with van der Waals surface area (Å²) in [5.74, 6) is 1.42. The van der Waals surface area contributed by atoms with Crippen LogP contribution < -0.4 is 0 Å². The van der Waals surface area contributed by atoms with Gasteiger partial charge in [-0.15, -0.1) is 0 Å². The first-order valence-corrected chi connectivity index (χ1v) is 5.91. The summed E-state index contributed by atoms with van der Waals surface area (Å²) in [6, 6.07) is 0. The highest BCUT2D eigenvalue weighted by Crippen LogP contribution is 2.39. The van der Waals surface area contributed by atoms with Crippen molar-refractivity contribution in [2.45, 2.75) is 61.8 Å². The van der Waals surface area contributed by atoms with Crippen LogP contribution in [0.4, 0.5) is 0 Å². The van der Waals surface area contributed by atoms with Crippen LogP contribution >= 0.6 is 0 Å². The van der Waals surface area contributed by atoms with E-state index in [0.29, 0.717) is 11.3 Å². The zero-order chi connectivity index (χ0) is 11.5. The molecule has 0 radical (unpaired) electrons. The molecule has 0 aromatic rings. The van der Waals surface area contributed by atoms with Crippen molar-refractivity contribution in [3.8, 4) is 0 Å². The Bertz CT molecular complexity index is 206. The van der Waals surface area contributed by atoms with Gasteiger partial charge >= 0.3 is 0 Å². The summed E-state index contributed by atoms with van der Waals surface area (Å²) in [6.45, 7) is 18.6. The Morgan fingerprint density at radius 1 is 1.07 bits per heavy atom. The summed E-state index contributed by atoms with van der Waals surface area (Å²) in [6.07, 6.45) is 1.18. The minimum Gasteiger partial charge on any atom is -0.0744 e. The first-order valence-electron chi connectivity index (χ1n) is 5.91. The quantitative estimate of drug-likeness (QED) is 0.552. The number of rotatable bonds is 4. The summed E-state index contributed by atoms with van der Waals surface area (Å²) in [5, 5.41) is 0. The van der Waals surface area contributed by atoms with E-state index >= 15 is 0 Å². The standard InChI is InChI=1S/C14H28/c1-9-11(4)12(5)13(6)14(7,8)10(2)3/h10,13H,9H2,1-8H3. The lowest BCUT2D eigenvalue weighted by Crippen LogP contribution is -2.28. The number of hydrogen-bond acceptors (Lipinski definition) is 0. The summed E-state index contributed by atoms with van der Waals surface area (Å²) in [5.41, 5.74) is 3.55. The van der Waals surface area contributed by atoms with E-state index in [2.05, 4.69) is 55.4 Å². The fourth-order valence-electron chi connectivity index (χ4n) is 1.71. The van der Waals surface area contributed by atoms with Crippen LogP contribution in [0.5, 0.6) is 0 Å². The molecule has 0 heterocycles. The first kappa shape index (κ1) is 13.7. The third kappa shape index (κ3) is 2.87. The SMILES string of the molecule is CCC(C)=C(C)C(C)C(C)(C)C(C)C. The van der Waals surface area contributed by atoms with E-state index in [4.69, 9.17) is 0 Å². The van der Waals surface area contributed by atoms with Crippen LogP contribution in [-0.4, -0.2) is 0 Å². The maximum Gasteiger partial charge on any atom is -0.0178 e. The van der Waals surface area contributed by atoms with Crippen molar-refractivity contribution in [3.63, 3.8) is 0 Å². The van der Waals surface area contributed by atoms with Crippen molar-refractivity contribution in [3.05, 3.63) is 11.1 Å². The molecule has 0 aromatic carbocycles. The second-order valence-corrected chi connectivity index (χ2v) is 5.51. The van der Waals surface area contributed by atoms with Gasteiger partial charge in [0.1, 0.15) is 0 Å². The van der Waals surface area contributed by atoms with E-state index in [9.17, 15) is 0 Å². The van der Waals surface area contributed by atoms with Gasteiger partial charge in [-0.1, -0.05) is 52.7 Å². The molecule has 0 nitrogen and oxygen atoms in total. The summed E-state index contributed by atoms with van der Waals surface area (Å²) < 4.78 is 0. The molecule has 14 heavy (non-hydrogen) atoms. The van der Waals surface area contributed by atoms with Crippen LogP contribution in [0.3, 0.4) is 0 Å². The zero-order valence-corrected chi connectivity index (χ0v) is 11.4. The molecule has 0 aromatic heterocycles. The van der Waals surface area contributed by atoms with Crippen LogP contribution in [-0.2, 0) is 0 Å². The molecule has 0 N–H and O–H groups in total. The maximum absolute atomic E-state index is 2.38. The Labute approximate surface area is 90.8 Å². The van der Waals surface area contributed by atoms with E-state index in [1.807, 2.05) is 0 Å². The lowest BCUT2D eigenvalue weighted by atomic mass is 9.68. The van der Waals surface area contributed by atoms with Crippen LogP contribution in [0.2, 0.25) is 0 Å². The van der Waals surface area contributed by atoms with Gasteiger partial charge in [0.05, 0.1) is 0 Å². The minimum absolute atomic E-state index is 0.403. The van der Waals surface area contributed by atoms with Gasteiger partial charge in [0.2, 0.25) is 0 Å². The lowest BCUT2D eigenvalue weighted by Gasteiger charge is -2.37. The van der Waals surface area contributed by atoms with Crippen molar-refractivity contribution >= 4 is 0 Å². The Morgan fingerprint density at radius 3 is 1.79 bits per heavy atom. The van der Waals surface area contributed by atoms with Gasteiger partial charge in [0.15, 0.2) is 0 Å². The van der Waals surface area contributed by atoms with Crippen molar-refractivity contribution in [1.82, 2.24) is 0 Å². The van der Waals surface area contributed by atoms with E-state index in [0.717, 1.165) is 5.92 Å². The normalized spacial score (nSPS) is 16.9. The average molecular weight is 196 g/mol. The Balaban J connectivity index is 4.87. The predicted molar refractivity (Wildman–Crippen MR) is 66.4 cm³/mol. The fraction of sp³-hybridized carbons (Fsp3) is 0.857. The fourth-order valence-corrected chi connectivity index (χ4v) is 1.71. The topological polar surface area (TPSA) is 0 Å². The van der Waals surface area contributed by atoms with E-state index < -0.39 is 0 Å². The number of hydrogen-bond donors (Lipinski definition) is 0. The molecule has 0 saturated heterocycles. The van der Waals surface area contributed by atoms with Crippen LogP contribution in [0, 0.1) is 17.3 Å². The summed E-state index contributed by atoms with van der Waals surface area (Å²) in [7, 11) is 0. The van der Waals surface area contributed by atoms with Crippen LogP contribution in [0.1, 0.15) is 61.8 Å².